The summed E-state index contributed by atoms with van der Waals surface area (Å²) in [6.45, 7) is 11.8. The molecule has 33 heavy (non-hydrogen) atoms. The standard InChI is InChI=1S/C28H45NO4/c1-19(2)27(33-28(29)32)23(6)26(31)22(5)15-12-14-21(4)25(30)20(3)13-10-11-18-24-16-8-7-9-17-24/h7-10,12-14,16-17,19-23,25-27,30-31H,11,15,18H2,1-6H3,(H2,29,32)/b13-10-,14-12-. The summed E-state index contributed by atoms with van der Waals surface area (Å²) in [5.41, 5.74) is 6.51. The van der Waals surface area contributed by atoms with Gasteiger partial charge in [0.15, 0.2) is 0 Å². The number of hydrogen-bond acceptors (Lipinski definition) is 4. The minimum absolute atomic E-state index is 0.00199. The molecule has 0 aliphatic rings. The van der Waals surface area contributed by atoms with Gasteiger partial charge in [0.1, 0.15) is 6.10 Å². The van der Waals surface area contributed by atoms with Crippen LogP contribution in [0.3, 0.4) is 0 Å². The summed E-state index contributed by atoms with van der Waals surface area (Å²) in [4.78, 5) is 11.2. The Bertz CT molecular complexity index is 731. The third-order valence-electron chi connectivity index (χ3n) is 6.46. The van der Waals surface area contributed by atoms with E-state index in [4.69, 9.17) is 10.5 Å². The number of nitrogens with two attached hydrogens (primary N) is 1. The highest BCUT2D eigenvalue weighted by molar-refractivity contribution is 5.64. The van der Waals surface area contributed by atoms with Gasteiger partial charge in [0.25, 0.3) is 0 Å². The lowest BCUT2D eigenvalue weighted by molar-refractivity contribution is -0.0308. The van der Waals surface area contributed by atoms with E-state index in [1.165, 1.54) is 5.56 Å². The number of allylic oxidation sites excluding steroid dienone is 2. The summed E-state index contributed by atoms with van der Waals surface area (Å²) < 4.78 is 5.23. The number of aliphatic hydroxyl groups is 2. The quantitative estimate of drug-likeness (QED) is 0.320. The van der Waals surface area contributed by atoms with Gasteiger partial charge in [-0.3, -0.25) is 0 Å². The molecule has 4 N–H and O–H groups in total. The number of carbonyl (C=O) groups is 1. The lowest BCUT2D eigenvalue weighted by atomic mass is 9.83. The van der Waals surface area contributed by atoms with Crippen molar-refractivity contribution in [3.63, 3.8) is 0 Å². The second kappa shape index (κ2) is 14.9. The van der Waals surface area contributed by atoms with Crippen LogP contribution >= 0.6 is 0 Å². The van der Waals surface area contributed by atoms with Crippen molar-refractivity contribution in [3.8, 4) is 0 Å². The van der Waals surface area contributed by atoms with Gasteiger partial charge in [0.05, 0.1) is 12.2 Å². The molecule has 7 atom stereocenters. The predicted molar refractivity (Wildman–Crippen MR) is 136 cm³/mol. The monoisotopic (exact) mass is 459 g/mol. The summed E-state index contributed by atoms with van der Waals surface area (Å²) in [5.74, 6) is -0.135. The van der Waals surface area contributed by atoms with Gasteiger partial charge in [0, 0.05) is 17.8 Å². The van der Waals surface area contributed by atoms with E-state index in [-0.39, 0.29) is 29.6 Å². The van der Waals surface area contributed by atoms with Gasteiger partial charge in [-0.1, -0.05) is 96.2 Å². The summed E-state index contributed by atoms with van der Waals surface area (Å²) >= 11 is 0. The number of carbonyl (C=O) groups excluding carboxylic acids is 1. The highest BCUT2D eigenvalue weighted by Gasteiger charge is 2.32. The van der Waals surface area contributed by atoms with E-state index in [0.29, 0.717) is 6.42 Å². The fourth-order valence-corrected chi connectivity index (χ4v) is 4.26. The van der Waals surface area contributed by atoms with E-state index in [2.05, 4.69) is 36.4 Å². The first kappa shape index (κ1) is 28.9. The third kappa shape index (κ3) is 10.6. The molecule has 0 aliphatic heterocycles. The molecule has 0 fully saturated rings. The Labute approximate surface area is 200 Å². The third-order valence-corrected chi connectivity index (χ3v) is 6.46. The number of rotatable bonds is 14. The van der Waals surface area contributed by atoms with Crippen molar-refractivity contribution in [2.75, 3.05) is 0 Å². The van der Waals surface area contributed by atoms with Crippen molar-refractivity contribution in [1.82, 2.24) is 0 Å². The minimum atomic E-state index is -0.814. The first-order chi connectivity index (χ1) is 15.5. The minimum Gasteiger partial charge on any atom is -0.446 e. The normalized spacial score (nSPS) is 18.7. The zero-order valence-corrected chi connectivity index (χ0v) is 21.2. The van der Waals surface area contributed by atoms with E-state index < -0.39 is 24.4 Å². The molecule has 1 aromatic rings. The second-order valence-corrected chi connectivity index (χ2v) is 9.80. The maximum absolute atomic E-state index is 11.2. The number of primary amides is 1. The van der Waals surface area contributed by atoms with Gasteiger partial charge in [-0.25, -0.2) is 4.79 Å². The van der Waals surface area contributed by atoms with Crippen LogP contribution in [0.5, 0.6) is 0 Å². The van der Waals surface area contributed by atoms with Crippen LogP contribution in [0.1, 0.15) is 59.9 Å². The van der Waals surface area contributed by atoms with E-state index in [9.17, 15) is 15.0 Å². The lowest BCUT2D eigenvalue weighted by Crippen LogP contribution is -2.40. The van der Waals surface area contributed by atoms with Crippen molar-refractivity contribution < 1.29 is 19.7 Å². The van der Waals surface area contributed by atoms with Gasteiger partial charge >= 0.3 is 6.09 Å². The molecule has 0 bridgehead atoms. The smallest absolute Gasteiger partial charge is 0.404 e. The molecule has 0 spiro atoms. The molecule has 7 unspecified atom stereocenters. The average Bonchev–Trinajstić information content (AvgIpc) is 2.78. The first-order valence-corrected chi connectivity index (χ1v) is 12.2. The van der Waals surface area contributed by atoms with Crippen LogP contribution in [-0.2, 0) is 11.2 Å². The van der Waals surface area contributed by atoms with Gasteiger partial charge in [-0.15, -0.1) is 0 Å². The number of benzene rings is 1. The molecule has 0 radical (unpaired) electrons. The summed E-state index contributed by atoms with van der Waals surface area (Å²) in [7, 11) is 0. The molecular formula is C28H45NO4. The first-order valence-electron chi connectivity index (χ1n) is 12.2. The molecule has 0 aromatic heterocycles. The molecular weight excluding hydrogens is 414 g/mol. The maximum atomic E-state index is 11.2. The molecule has 1 aromatic carbocycles. The van der Waals surface area contributed by atoms with Crippen LogP contribution in [0.2, 0.25) is 0 Å². The SMILES string of the molecule is CC(C)C(OC(N)=O)C(C)C(O)C(C)C/C=C\C(C)C(O)C(C)/C=C\CCc1ccccc1. The van der Waals surface area contributed by atoms with Gasteiger partial charge < -0.3 is 20.7 Å². The van der Waals surface area contributed by atoms with Gasteiger partial charge in [-0.05, 0) is 36.7 Å². The Hall–Kier alpha value is -2.11. The zero-order chi connectivity index (χ0) is 25.0. The zero-order valence-electron chi connectivity index (χ0n) is 21.2. The van der Waals surface area contributed by atoms with Crippen LogP contribution in [0.25, 0.3) is 0 Å². The highest BCUT2D eigenvalue weighted by Crippen LogP contribution is 2.26. The van der Waals surface area contributed by atoms with Crippen LogP contribution in [0, 0.1) is 29.6 Å². The fourth-order valence-electron chi connectivity index (χ4n) is 4.26. The largest absolute Gasteiger partial charge is 0.446 e. The Kier molecular flexibility index (Phi) is 13.1. The number of hydrogen-bond donors (Lipinski definition) is 3. The average molecular weight is 460 g/mol. The molecule has 5 nitrogen and oxygen atoms in total. The van der Waals surface area contributed by atoms with Crippen LogP contribution in [0.15, 0.2) is 54.6 Å². The van der Waals surface area contributed by atoms with Gasteiger partial charge in [-0.2, -0.15) is 0 Å². The topological polar surface area (TPSA) is 92.8 Å². The lowest BCUT2D eigenvalue weighted by Gasteiger charge is -2.32. The van der Waals surface area contributed by atoms with Crippen LogP contribution in [-0.4, -0.2) is 34.6 Å². The van der Waals surface area contributed by atoms with E-state index in [0.717, 1.165) is 12.8 Å². The number of aliphatic hydroxyl groups excluding tert-OH is 2. The summed E-state index contributed by atoms with van der Waals surface area (Å²) in [5, 5.41) is 21.4. The second-order valence-electron chi connectivity index (χ2n) is 9.80. The molecule has 1 amide bonds. The van der Waals surface area contributed by atoms with E-state index >= 15 is 0 Å². The van der Waals surface area contributed by atoms with Gasteiger partial charge in [0.2, 0.25) is 0 Å². The Morgan fingerprint density at radius 3 is 2.06 bits per heavy atom. The van der Waals surface area contributed by atoms with Crippen molar-refractivity contribution in [3.05, 3.63) is 60.2 Å². The molecule has 186 valence electrons. The highest BCUT2D eigenvalue weighted by atomic mass is 16.6. The molecule has 0 saturated heterocycles. The van der Waals surface area contributed by atoms with Crippen molar-refractivity contribution in [1.29, 1.82) is 0 Å². The van der Waals surface area contributed by atoms with E-state index in [1.54, 1.807) is 0 Å². The molecule has 1 rings (SSSR count). The number of ether oxygens (including phenoxy) is 1. The number of aryl methyl sites for hydroxylation is 1. The number of amides is 1. The van der Waals surface area contributed by atoms with E-state index in [1.807, 2.05) is 59.8 Å². The Morgan fingerprint density at radius 2 is 1.52 bits per heavy atom. The molecule has 0 saturated carbocycles. The molecule has 5 heteroatoms. The Morgan fingerprint density at radius 1 is 0.939 bits per heavy atom. The van der Waals surface area contributed by atoms with Crippen molar-refractivity contribution in [2.45, 2.75) is 79.1 Å². The maximum Gasteiger partial charge on any atom is 0.404 e. The predicted octanol–water partition coefficient (Wildman–Crippen LogP) is 5.51. The van der Waals surface area contributed by atoms with Crippen LogP contribution in [0.4, 0.5) is 4.79 Å². The Balaban J connectivity index is 2.50. The summed E-state index contributed by atoms with van der Waals surface area (Å²) in [6.07, 6.45) is 8.57. The van der Waals surface area contributed by atoms with Crippen LogP contribution < -0.4 is 5.73 Å². The van der Waals surface area contributed by atoms with Crippen molar-refractivity contribution >= 4 is 6.09 Å². The molecule has 0 aliphatic carbocycles. The molecule has 0 heterocycles. The summed E-state index contributed by atoms with van der Waals surface area (Å²) in [6, 6.07) is 10.4. The fraction of sp³-hybridized carbons (Fsp3) is 0.607. The van der Waals surface area contributed by atoms with Crippen molar-refractivity contribution in [2.24, 2.45) is 35.3 Å².